The predicted octanol–water partition coefficient (Wildman–Crippen LogP) is 3.40. The molecule has 2 amide bonds. The Morgan fingerprint density at radius 3 is 2.23 bits per heavy atom. The number of hydrogen-bond acceptors (Lipinski definition) is 3. The van der Waals surface area contributed by atoms with Gasteiger partial charge in [-0.25, -0.2) is 4.79 Å². The Hall–Kier alpha value is -3.93. The van der Waals surface area contributed by atoms with Crippen molar-refractivity contribution in [2.45, 2.75) is 19.1 Å². The zero-order valence-corrected chi connectivity index (χ0v) is 16.1. The van der Waals surface area contributed by atoms with E-state index in [9.17, 15) is 14.4 Å². The molecule has 0 saturated heterocycles. The largest absolute Gasteiger partial charge is 0.478 e. The molecule has 0 radical (unpaired) electrons. The molecule has 4 rings (SSSR count). The zero-order chi connectivity index (χ0) is 21.1. The standard InChI is InChI=1S/C24H20N2O4/c27-22(25-14-16-6-2-1-3-7-16)21-19-8-4-5-9-20(19)23(28)26(21)15-17-10-12-18(13-11-17)24(29)30/h1-13,21H,14-15H2,(H,25,27)(H,29,30). The molecule has 3 aromatic carbocycles. The van der Waals surface area contributed by atoms with Gasteiger partial charge in [-0.2, -0.15) is 0 Å². The van der Waals surface area contributed by atoms with Crippen LogP contribution in [0.2, 0.25) is 0 Å². The highest BCUT2D eigenvalue weighted by atomic mass is 16.4. The second kappa shape index (κ2) is 8.21. The van der Waals surface area contributed by atoms with Crippen LogP contribution in [0.25, 0.3) is 0 Å². The predicted molar refractivity (Wildman–Crippen MR) is 111 cm³/mol. The normalized spacial score (nSPS) is 15.0. The third-order valence-corrected chi connectivity index (χ3v) is 5.17. The van der Waals surface area contributed by atoms with E-state index in [1.54, 1.807) is 30.3 Å². The van der Waals surface area contributed by atoms with Gasteiger partial charge in [0.05, 0.1) is 5.56 Å². The van der Waals surface area contributed by atoms with Gasteiger partial charge in [-0.3, -0.25) is 9.59 Å². The van der Waals surface area contributed by atoms with Crippen LogP contribution in [0.15, 0.2) is 78.9 Å². The SMILES string of the molecule is O=C(O)c1ccc(CN2C(=O)c3ccccc3C2C(=O)NCc2ccccc2)cc1. The molecule has 1 aliphatic heterocycles. The summed E-state index contributed by atoms with van der Waals surface area (Å²) in [5.74, 6) is -1.48. The zero-order valence-electron chi connectivity index (χ0n) is 16.1. The van der Waals surface area contributed by atoms with Crippen molar-refractivity contribution in [1.82, 2.24) is 10.2 Å². The maximum atomic E-state index is 13.1. The van der Waals surface area contributed by atoms with Gasteiger partial charge >= 0.3 is 5.97 Å². The molecule has 3 aromatic rings. The number of benzene rings is 3. The fourth-order valence-electron chi connectivity index (χ4n) is 3.65. The summed E-state index contributed by atoms with van der Waals surface area (Å²) >= 11 is 0. The Kier molecular flexibility index (Phi) is 5.30. The highest BCUT2D eigenvalue weighted by Gasteiger charge is 2.40. The number of carbonyl (C=O) groups excluding carboxylic acids is 2. The second-order valence-electron chi connectivity index (χ2n) is 7.13. The van der Waals surface area contributed by atoms with Crippen LogP contribution in [0, 0.1) is 0 Å². The summed E-state index contributed by atoms with van der Waals surface area (Å²) in [6, 6.07) is 22.3. The molecule has 6 heteroatoms. The summed E-state index contributed by atoms with van der Waals surface area (Å²) in [6.07, 6.45) is 0. The van der Waals surface area contributed by atoms with Crippen LogP contribution in [0.5, 0.6) is 0 Å². The lowest BCUT2D eigenvalue weighted by atomic mass is 10.0. The second-order valence-corrected chi connectivity index (χ2v) is 7.13. The summed E-state index contributed by atoms with van der Waals surface area (Å²) in [5.41, 5.74) is 3.09. The molecule has 150 valence electrons. The van der Waals surface area contributed by atoms with E-state index in [1.165, 1.54) is 17.0 Å². The molecular formula is C24H20N2O4. The number of carboxylic acids is 1. The topological polar surface area (TPSA) is 86.7 Å². The number of nitrogens with zero attached hydrogens (tertiary/aromatic N) is 1. The smallest absolute Gasteiger partial charge is 0.335 e. The van der Waals surface area contributed by atoms with Crippen molar-refractivity contribution in [2.75, 3.05) is 0 Å². The van der Waals surface area contributed by atoms with Crippen LogP contribution < -0.4 is 5.32 Å². The Labute approximate surface area is 173 Å². The van der Waals surface area contributed by atoms with Gasteiger partial charge in [-0.05, 0) is 34.9 Å². The van der Waals surface area contributed by atoms with Crippen molar-refractivity contribution in [2.24, 2.45) is 0 Å². The number of hydrogen-bond donors (Lipinski definition) is 2. The lowest BCUT2D eigenvalue weighted by Crippen LogP contribution is -2.38. The summed E-state index contributed by atoms with van der Waals surface area (Å²) in [4.78, 5) is 38.7. The van der Waals surface area contributed by atoms with Crippen molar-refractivity contribution in [3.05, 3.63) is 107 Å². The number of nitrogens with one attached hydrogen (secondary N) is 1. The maximum Gasteiger partial charge on any atom is 0.335 e. The van der Waals surface area contributed by atoms with Crippen LogP contribution in [0.3, 0.4) is 0 Å². The van der Waals surface area contributed by atoms with Gasteiger partial charge in [0, 0.05) is 18.7 Å². The number of rotatable bonds is 6. The van der Waals surface area contributed by atoms with Gasteiger partial charge in [0.1, 0.15) is 6.04 Å². The van der Waals surface area contributed by atoms with Gasteiger partial charge in [0.15, 0.2) is 0 Å². The lowest BCUT2D eigenvalue weighted by molar-refractivity contribution is -0.125. The van der Waals surface area contributed by atoms with E-state index < -0.39 is 12.0 Å². The van der Waals surface area contributed by atoms with Crippen molar-refractivity contribution in [1.29, 1.82) is 0 Å². The first kappa shape index (κ1) is 19.4. The van der Waals surface area contributed by atoms with Crippen LogP contribution in [-0.4, -0.2) is 27.8 Å². The van der Waals surface area contributed by atoms with Gasteiger partial charge in [0.2, 0.25) is 5.91 Å². The quantitative estimate of drug-likeness (QED) is 0.664. The molecule has 0 aliphatic carbocycles. The number of aromatic carboxylic acids is 1. The molecular weight excluding hydrogens is 380 g/mol. The van der Waals surface area contributed by atoms with Crippen molar-refractivity contribution in [3.63, 3.8) is 0 Å². The molecule has 1 atom stereocenters. The van der Waals surface area contributed by atoms with Crippen molar-refractivity contribution in [3.8, 4) is 0 Å². The molecule has 30 heavy (non-hydrogen) atoms. The monoisotopic (exact) mass is 400 g/mol. The third-order valence-electron chi connectivity index (χ3n) is 5.17. The Morgan fingerprint density at radius 1 is 0.867 bits per heavy atom. The number of amides is 2. The number of carboxylic acid groups (broad SMARTS) is 1. The fraction of sp³-hybridized carbons (Fsp3) is 0.125. The summed E-state index contributed by atoms with van der Waals surface area (Å²) in [7, 11) is 0. The van der Waals surface area contributed by atoms with E-state index in [-0.39, 0.29) is 23.9 Å². The average molecular weight is 400 g/mol. The van der Waals surface area contributed by atoms with Gasteiger partial charge < -0.3 is 15.3 Å². The van der Waals surface area contributed by atoms with Gasteiger partial charge in [-0.15, -0.1) is 0 Å². The van der Waals surface area contributed by atoms with Crippen molar-refractivity contribution < 1.29 is 19.5 Å². The highest BCUT2D eigenvalue weighted by Crippen LogP contribution is 2.35. The molecule has 2 N–H and O–H groups in total. The van der Waals surface area contributed by atoms with E-state index in [0.717, 1.165) is 11.1 Å². The average Bonchev–Trinajstić information content (AvgIpc) is 3.05. The van der Waals surface area contributed by atoms with Crippen LogP contribution >= 0.6 is 0 Å². The molecule has 0 bridgehead atoms. The molecule has 0 fully saturated rings. The molecule has 0 spiro atoms. The first-order valence-electron chi connectivity index (χ1n) is 9.58. The minimum absolute atomic E-state index is 0.173. The molecule has 1 heterocycles. The molecule has 0 aromatic heterocycles. The van der Waals surface area contributed by atoms with Crippen LogP contribution in [0.4, 0.5) is 0 Å². The lowest BCUT2D eigenvalue weighted by Gasteiger charge is -2.25. The molecule has 0 saturated carbocycles. The summed E-state index contributed by atoms with van der Waals surface area (Å²) in [5, 5.41) is 12.0. The minimum atomic E-state index is -1.01. The molecule has 1 aliphatic rings. The Balaban J connectivity index is 1.58. The number of carbonyl (C=O) groups is 3. The van der Waals surface area contributed by atoms with Crippen LogP contribution in [0.1, 0.15) is 43.4 Å². The third kappa shape index (κ3) is 3.80. The van der Waals surface area contributed by atoms with Gasteiger partial charge in [0.25, 0.3) is 5.91 Å². The minimum Gasteiger partial charge on any atom is -0.478 e. The number of fused-ring (bicyclic) bond motifs is 1. The summed E-state index contributed by atoms with van der Waals surface area (Å²) < 4.78 is 0. The fourth-order valence-corrected chi connectivity index (χ4v) is 3.65. The maximum absolute atomic E-state index is 13.1. The van der Waals surface area contributed by atoms with Gasteiger partial charge in [-0.1, -0.05) is 60.7 Å². The van der Waals surface area contributed by atoms with E-state index in [0.29, 0.717) is 17.7 Å². The molecule has 6 nitrogen and oxygen atoms in total. The first-order valence-corrected chi connectivity index (χ1v) is 9.58. The summed E-state index contributed by atoms with van der Waals surface area (Å²) in [6.45, 7) is 0.574. The van der Waals surface area contributed by atoms with E-state index in [1.807, 2.05) is 36.4 Å². The van der Waals surface area contributed by atoms with Crippen molar-refractivity contribution >= 4 is 17.8 Å². The first-order chi connectivity index (χ1) is 14.5. The van der Waals surface area contributed by atoms with Crippen LogP contribution in [-0.2, 0) is 17.9 Å². The van der Waals surface area contributed by atoms with E-state index in [2.05, 4.69) is 5.32 Å². The Morgan fingerprint density at radius 2 is 1.53 bits per heavy atom. The molecule has 1 unspecified atom stereocenters. The van der Waals surface area contributed by atoms with E-state index >= 15 is 0 Å². The van der Waals surface area contributed by atoms with E-state index in [4.69, 9.17) is 5.11 Å². The Bertz CT molecular complexity index is 1090. The highest BCUT2D eigenvalue weighted by molar-refractivity contribution is 6.04.